The first-order valence-electron chi connectivity index (χ1n) is 11.8. The highest BCUT2D eigenvalue weighted by atomic mass is 16.2. The standard InChI is InChI=1S/C28H32N6O/c1-19-18-24(35)32-33-25(19)20-6-8-23(9-7-20)31-34-26(27(2,3)21-10-14-29-15-11-21)28(4,5)22-12-16-30-17-13-22/h6-17,19,31H,18H2,1-5H3,(H,32,35). The average molecular weight is 469 g/mol. The van der Waals surface area contributed by atoms with Gasteiger partial charge in [0.15, 0.2) is 0 Å². The van der Waals surface area contributed by atoms with E-state index in [2.05, 4.69) is 53.6 Å². The van der Waals surface area contributed by atoms with Crippen LogP contribution in [0.15, 0.2) is 83.5 Å². The van der Waals surface area contributed by atoms with Gasteiger partial charge in [0.1, 0.15) is 0 Å². The van der Waals surface area contributed by atoms with E-state index in [1.165, 1.54) is 0 Å². The molecule has 1 aliphatic rings. The van der Waals surface area contributed by atoms with E-state index in [0.717, 1.165) is 33.8 Å². The van der Waals surface area contributed by atoms with Crippen LogP contribution in [0.1, 0.15) is 57.7 Å². The van der Waals surface area contributed by atoms with Crippen molar-refractivity contribution in [3.05, 3.63) is 90.0 Å². The number of rotatable bonds is 7. The first-order chi connectivity index (χ1) is 16.7. The molecule has 0 saturated carbocycles. The monoisotopic (exact) mass is 468 g/mol. The number of hydrogen-bond donors (Lipinski definition) is 2. The number of aromatic nitrogens is 2. The third kappa shape index (κ3) is 5.14. The van der Waals surface area contributed by atoms with Crippen molar-refractivity contribution in [1.82, 2.24) is 15.4 Å². The zero-order chi connectivity index (χ0) is 25.1. The zero-order valence-corrected chi connectivity index (χ0v) is 20.9. The van der Waals surface area contributed by atoms with Crippen LogP contribution < -0.4 is 10.9 Å². The van der Waals surface area contributed by atoms with Crippen LogP contribution in [0.5, 0.6) is 0 Å². The summed E-state index contributed by atoms with van der Waals surface area (Å²) in [5.74, 6) is 0.0320. The molecule has 2 N–H and O–H groups in total. The Labute approximate surface area is 206 Å². The van der Waals surface area contributed by atoms with Crippen LogP contribution in [0.4, 0.5) is 5.69 Å². The summed E-state index contributed by atoms with van der Waals surface area (Å²) in [5.41, 5.74) is 11.1. The van der Waals surface area contributed by atoms with Crippen LogP contribution in [-0.4, -0.2) is 27.3 Å². The Morgan fingerprint density at radius 2 is 1.40 bits per heavy atom. The van der Waals surface area contributed by atoms with Crippen LogP contribution in [0, 0.1) is 5.92 Å². The second kappa shape index (κ2) is 9.78. The topological polar surface area (TPSA) is 91.6 Å². The minimum absolute atomic E-state index is 0.0463. The van der Waals surface area contributed by atoms with Crippen LogP contribution in [-0.2, 0) is 15.6 Å². The minimum Gasteiger partial charge on any atom is -0.279 e. The molecule has 0 bridgehead atoms. The molecule has 1 amide bonds. The highest BCUT2D eigenvalue weighted by Crippen LogP contribution is 2.36. The molecular formula is C28H32N6O. The van der Waals surface area contributed by atoms with Gasteiger partial charge in [-0.2, -0.15) is 10.2 Å². The Hall–Kier alpha value is -3.87. The maximum atomic E-state index is 11.6. The third-order valence-corrected chi connectivity index (χ3v) is 6.72. The number of hydrazone groups is 2. The first-order valence-corrected chi connectivity index (χ1v) is 11.8. The van der Waals surface area contributed by atoms with Crippen molar-refractivity contribution in [2.24, 2.45) is 16.1 Å². The molecule has 2 aromatic heterocycles. The molecule has 0 fully saturated rings. The Morgan fingerprint density at radius 1 is 0.886 bits per heavy atom. The van der Waals surface area contributed by atoms with Gasteiger partial charge >= 0.3 is 0 Å². The number of anilines is 1. The van der Waals surface area contributed by atoms with E-state index in [1.807, 2.05) is 80.2 Å². The molecule has 7 nitrogen and oxygen atoms in total. The Morgan fingerprint density at radius 3 is 1.89 bits per heavy atom. The fourth-order valence-corrected chi connectivity index (χ4v) is 4.71. The van der Waals surface area contributed by atoms with Crippen molar-refractivity contribution in [2.75, 3.05) is 5.43 Å². The van der Waals surface area contributed by atoms with Crippen molar-refractivity contribution >= 4 is 23.0 Å². The number of pyridine rings is 2. The summed E-state index contributed by atoms with van der Waals surface area (Å²) >= 11 is 0. The molecule has 0 aliphatic carbocycles. The molecule has 1 unspecified atom stereocenters. The number of amides is 1. The first kappa shape index (κ1) is 24.3. The average Bonchev–Trinajstić information content (AvgIpc) is 2.85. The fraction of sp³-hybridized carbons (Fsp3) is 0.321. The summed E-state index contributed by atoms with van der Waals surface area (Å²) in [5, 5.41) is 9.25. The number of benzene rings is 1. The number of carbonyl (C=O) groups excluding carboxylic acids is 1. The highest BCUT2D eigenvalue weighted by molar-refractivity contribution is 6.06. The van der Waals surface area contributed by atoms with Crippen LogP contribution >= 0.6 is 0 Å². The number of nitrogens with one attached hydrogen (secondary N) is 2. The molecule has 1 aliphatic heterocycles. The van der Waals surface area contributed by atoms with E-state index in [4.69, 9.17) is 5.10 Å². The fourth-order valence-electron chi connectivity index (χ4n) is 4.71. The van der Waals surface area contributed by atoms with Gasteiger partial charge in [0, 0.05) is 48.0 Å². The second-order valence-electron chi connectivity index (χ2n) is 10.0. The van der Waals surface area contributed by atoms with Gasteiger partial charge in [-0.05, 0) is 53.1 Å². The largest absolute Gasteiger partial charge is 0.279 e. The van der Waals surface area contributed by atoms with E-state index in [-0.39, 0.29) is 22.7 Å². The van der Waals surface area contributed by atoms with E-state index in [9.17, 15) is 4.79 Å². The Balaban J connectivity index is 1.67. The van der Waals surface area contributed by atoms with Gasteiger partial charge in [-0.3, -0.25) is 20.2 Å². The number of hydrogen-bond acceptors (Lipinski definition) is 6. The molecule has 1 aromatic carbocycles. The van der Waals surface area contributed by atoms with Gasteiger partial charge in [0.2, 0.25) is 5.91 Å². The highest BCUT2D eigenvalue weighted by Gasteiger charge is 2.39. The quantitative estimate of drug-likeness (QED) is 0.374. The normalized spacial score (nSPS) is 16.2. The van der Waals surface area contributed by atoms with E-state index in [0.29, 0.717) is 6.42 Å². The molecule has 0 radical (unpaired) electrons. The molecule has 4 rings (SSSR count). The molecule has 180 valence electrons. The maximum absolute atomic E-state index is 11.6. The summed E-state index contributed by atoms with van der Waals surface area (Å²) in [6.45, 7) is 10.8. The summed E-state index contributed by atoms with van der Waals surface area (Å²) in [6, 6.07) is 16.1. The molecular weight excluding hydrogens is 436 g/mol. The molecule has 1 atom stereocenters. The number of carbonyl (C=O) groups is 1. The van der Waals surface area contributed by atoms with Crippen molar-refractivity contribution in [3.63, 3.8) is 0 Å². The molecule has 0 spiro atoms. The number of nitrogens with zero attached hydrogens (tertiary/aromatic N) is 4. The lowest BCUT2D eigenvalue weighted by molar-refractivity contribution is -0.121. The maximum Gasteiger partial charge on any atom is 0.240 e. The van der Waals surface area contributed by atoms with E-state index in [1.54, 1.807) is 0 Å². The molecule has 0 saturated heterocycles. The second-order valence-corrected chi connectivity index (χ2v) is 10.0. The lowest BCUT2D eigenvalue weighted by Gasteiger charge is -2.38. The van der Waals surface area contributed by atoms with Gasteiger partial charge < -0.3 is 0 Å². The molecule has 35 heavy (non-hydrogen) atoms. The van der Waals surface area contributed by atoms with Gasteiger partial charge in [-0.1, -0.05) is 46.8 Å². The predicted octanol–water partition coefficient (Wildman–Crippen LogP) is 5.06. The van der Waals surface area contributed by atoms with Crippen LogP contribution in [0.25, 0.3) is 0 Å². The summed E-state index contributed by atoms with van der Waals surface area (Å²) < 4.78 is 0. The molecule has 3 aromatic rings. The van der Waals surface area contributed by atoms with E-state index >= 15 is 0 Å². The smallest absolute Gasteiger partial charge is 0.240 e. The van der Waals surface area contributed by atoms with Gasteiger partial charge in [-0.25, -0.2) is 5.43 Å². The van der Waals surface area contributed by atoms with Gasteiger partial charge in [0.25, 0.3) is 0 Å². The predicted molar refractivity (Wildman–Crippen MR) is 140 cm³/mol. The Bertz CT molecular complexity index is 1180. The SMILES string of the molecule is CC1CC(=O)NN=C1c1ccc(NN=C(C(C)(C)c2ccncc2)C(C)(C)c2ccncc2)cc1. The zero-order valence-electron chi connectivity index (χ0n) is 20.9. The van der Waals surface area contributed by atoms with Crippen LogP contribution in [0.3, 0.4) is 0 Å². The van der Waals surface area contributed by atoms with Crippen LogP contribution in [0.2, 0.25) is 0 Å². The third-order valence-electron chi connectivity index (χ3n) is 6.72. The Kier molecular flexibility index (Phi) is 6.78. The van der Waals surface area contributed by atoms with E-state index < -0.39 is 0 Å². The van der Waals surface area contributed by atoms with Crippen molar-refractivity contribution in [3.8, 4) is 0 Å². The molecule has 3 heterocycles. The summed E-state index contributed by atoms with van der Waals surface area (Å²) in [6.07, 6.45) is 7.71. The summed E-state index contributed by atoms with van der Waals surface area (Å²) in [7, 11) is 0. The lowest BCUT2D eigenvalue weighted by atomic mass is 9.67. The van der Waals surface area contributed by atoms with Crippen molar-refractivity contribution in [2.45, 2.75) is 51.9 Å². The van der Waals surface area contributed by atoms with Crippen molar-refractivity contribution in [1.29, 1.82) is 0 Å². The minimum atomic E-state index is -0.368. The molecule has 7 heteroatoms. The van der Waals surface area contributed by atoms with Crippen molar-refractivity contribution < 1.29 is 4.79 Å². The lowest BCUT2D eigenvalue weighted by Crippen LogP contribution is -2.43. The van der Waals surface area contributed by atoms with Gasteiger partial charge in [0.05, 0.1) is 17.1 Å². The summed E-state index contributed by atoms with van der Waals surface area (Å²) in [4.78, 5) is 20.0. The van der Waals surface area contributed by atoms with Gasteiger partial charge in [-0.15, -0.1) is 0 Å².